The lowest BCUT2D eigenvalue weighted by Gasteiger charge is -2.15. The van der Waals surface area contributed by atoms with E-state index in [1.54, 1.807) is 18.2 Å². The van der Waals surface area contributed by atoms with Gasteiger partial charge in [0.1, 0.15) is 0 Å². The van der Waals surface area contributed by atoms with Gasteiger partial charge in [-0.3, -0.25) is 9.63 Å². The van der Waals surface area contributed by atoms with Crippen LogP contribution in [0.3, 0.4) is 0 Å². The van der Waals surface area contributed by atoms with Gasteiger partial charge >= 0.3 is 6.03 Å². The number of benzene rings is 1. The van der Waals surface area contributed by atoms with E-state index in [1.807, 2.05) is 0 Å². The molecule has 2 N–H and O–H groups in total. The van der Waals surface area contributed by atoms with Crippen LogP contribution in [0.1, 0.15) is 23.2 Å². The molecule has 0 radical (unpaired) electrons. The summed E-state index contributed by atoms with van der Waals surface area (Å²) < 4.78 is 0. The third kappa shape index (κ3) is 3.61. The van der Waals surface area contributed by atoms with Crippen LogP contribution in [0.5, 0.6) is 0 Å². The largest absolute Gasteiger partial charge is 0.349 e. The maximum atomic E-state index is 12.0. The Labute approximate surface area is 122 Å². The van der Waals surface area contributed by atoms with E-state index >= 15 is 0 Å². The molecular formula is C13H16ClN3O3. The second-order valence-corrected chi connectivity index (χ2v) is 4.96. The third-order valence-electron chi connectivity index (χ3n) is 2.93. The van der Waals surface area contributed by atoms with Gasteiger partial charge in [0.05, 0.1) is 17.7 Å². The van der Waals surface area contributed by atoms with Crippen molar-refractivity contribution >= 4 is 29.2 Å². The summed E-state index contributed by atoms with van der Waals surface area (Å²) in [4.78, 5) is 28.4. The lowest BCUT2D eigenvalue weighted by Crippen LogP contribution is -2.30. The molecule has 0 heterocycles. The van der Waals surface area contributed by atoms with E-state index in [-0.39, 0.29) is 11.9 Å². The predicted octanol–water partition coefficient (Wildman–Crippen LogP) is 2.26. The summed E-state index contributed by atoms with van der Waals surface area (Å²) in [6.07, 6.45) is 2.00. The van der Waals surface area contributed by atoms with Gasteiger partial charge < -0.3 is 10.6 Å². The van der Waals surface area contributed by atoms with Gasteiger partial charge in [-0.2, -0.15) is 0 Å². The number of nitrogens with zero attached hydrogens (tertiary/aromatic N) is 1. The number of halogens is 1. The molecule has 1 aliphatic rings. The van der Waals surface area contributed by atoms with E-state index in [2.05, 4.69) is 10.6 Å². The molecule has 6 nitrogen and oxygen atoms in total. The van der Waals surface area contributed by atoms with Crippen molar-refractivity contribution in [2.45, 2.75) is 18.9 Å². The van der Waals surface area contributed by atoms with Gasteiger partial charge in [0.2, 0.25) is 0 Å². The second kappa shape index (κ2) is 6.11. The van der Waals surface area contributed by atoms with Gasteiger partial charge in [-0.15, -0.1) is 0 Å². The van der Waals surface area contributed by atoms with Gasteiger partial charge in [-0.05, 0) is 31.0 Å². The molecule has 0 spiro atoms. The van der Waals surface area contributed by atoms with Gasteiger partial charge in [0, 0.05) is 18.8 Å². The first-order valence-corrected chi connectivity index (χ1v) is 6.58. The molecule has 0 saturated heterocycles. The van der Waals surface area contributed by atoms with Crippen molar-refractivity contribution < 1.29 is 14.4 Å². The summed E-state index contributed by atoms with van der Waals surface area (Å²) in [5.41, 5.74) is 0.820. The molecule has 0 bridgehead atoms. The highest BCUT2D eigenvalue weighted by Crippen LogP contribution is 2.24. The number of carbonyl (C=O) groups excluding carboxylic acids is 2. The minimum Gasteiger partial charge on any atom is -0.349 e. The van der Waals surface area contributed by atoms with E-state index < -0.39 is 6.03 Å². The average Bonchev–Trinajstić information content (AvgIpc) is 3.23. The van der Waals surface area contributed by atoms with Crippen LogP contribution >= 0.6 is 11.6 Å². The number of hydrogen-bond acceptors (Lipinski definition) is 3. The molecule has 3 amide bonds. The molecule has 1 fully saturated rings. The van der Waals surface area contributed by atoms with Crippen LogP contribution in [-0.4, -0.2) is 37.2 Å². The van der Waals surface area contributed by atoms with Crippen molar-refractivity contribution in [3.05, 3.63) is 28.8 Å². The Morgan fingerprint density at radius 1 is 1.40 bits per heavy atom. The van der Waals surface area contributed by atoms with Crippen molar-refractivity contribution in [1.29, 1.82) is 0 Å². The highest BCUT2D eigenvalue weighted by atomic mass is 35.5. The Bertz CT molecular complexity index is 532. The molecule has 1 aromatic carbocycles. The van der Waals surface area contributed by atoms with Crippen LogP contribution in [0.15, 0.2) is 18.2 Å². The van der Waals surface area contributed by atoms with E-state index in [9.17, 15) is 9.59 Å². The van der Waals surface area contributed by atoms with E-state index in [1.165, 1.54) is 14.2 Å². The molecule has 1 aromatic rings. The van der Waals surface area contributed by atoms with E-state index in [0.29, 0.717) is 16.3 Å². The first kappa shape index (κ1) is 14.6. The predicted molar refractivity (Wildman–Crippen MR) is 75.7 cm³/mol. The van der Waals surface area contributed by atoms with Crippen molar-refractivity contribution in [2.75, 3.05) is 19.5 Å². The monoisotopic (exact) mass is 297 g/mol. The lowest BCUT2D eigenvalue weighted by molar-refractivity contribution is -0.0598. The smallest absolute Gasteiger partial charge is 0.345 e. The third-order valence-corrected chi connectivity index (χ3v) is 3.26. The number of carbonyl (C=O) groups is 2. The van der Waals surface area contributed by atoms with Gasteiger partial charge in [0.15, 0.2) is 0 Å². The van der Waals surface area contributed by atoms with Crippen LogP contribution in [0, 0.1) is 0 Å². The van der Waals surface area contributed by atoms with Crippen LogP contribution in [0.25, 0.3) is 0 Å². The number of hydroxylamine groups is 2. The van der Waals surface area contributed by atoms with E-state index in [0.717, 1.165) is 17.9 Å². The number of urea groups is 1. The Morgan fingerprint density at radius 2 is 2.10 bits per heavy atom. The Kier molecular flexibility index (Phi) is 4.46. The summed E-state index contributed by atoms with van der Waals surface area (Å²) in [6.45, 7) is 0. The standard InChI is InChI=1S/C13H16ClN3O3/c1-17(20-2)13(19)16-9-5-6-11(14)10(7-9)12(18)15-8-3-4-8/h5-8H,3-4H2,1-2H3,(H,15,18)(H,16,19). The summed E-state index contributed by atoms with van der Waals surface area (Å²) in [5.74, 6) is -0.228. The van der Waals surface area contributed by atoms with Crippen LogP contribution in [0.2, 0.25) is 5.02 Å². The van der Waals surface area contributed by atoms with Crippen LogP contribution < -0.4 is 10.6 Å². The van der Waals surface area contributed by atoms with Crippen LogP contribution in [0.4, 0.5) is 10.5 Å². The number of hydrogen-bond donors (Lipinski definition) is 2. The highest BCUT2D eigenvalue weighted by Gasteiger charge is 2.25. The molecule has 0 aliphatic heterocycles. The second-order valence-electron chi connectivity index (χ2n) is 4.55. The Morgan fingerprint density at radius 3 is 2.70 bits per heavy atom. The molecule has 7 heteroatoms. The van der Waals surface area contributed by atoms with Crippen molar-refractivity contribution in [1.82, 2.24) is 10.4 Å². The molecule has 0 aromatic heterocycles. The highest BCUT2D eigenvalue weighted by molar-refractivity contribution is 6.34. The quantitative estimate of drug-likeness (QED) is 0.838. The zero-order valence-electron chi connectivity index (χ0n) is 11.3. The summed E-state index contributed by atoms with van der Waals surface area (Å²) >= 11 is 6.01. The summed E-state index contributed by atoms with van der Waals surface area (Å²) in [5, 5.41) is 6.85. The minimum atomic E-state index is -0.441. The Balaban J connectivity index is 2.11. The topological polar surface area (TPSA) is 70.7 Å². The minimum absolute atomic E-state index is 0.228. The lowest BCUT2D eigenvalue weighted by atomic mass is 10.2. The average molecular weight is 298 g/mol. The molecule has 20 heavy (non-hydrogen) atoms. The number of amides is 3. The summed E-state index contributed by atoms with van der Waals surface area (Å²) in [6, 6.07) is 4.55. The first-order chi connectivity index (χ1) is 9.51. The fraction of sp³-hybridized carbons (Fsp3) is 0.385. The fourth-order valence-electron chi connectivity index (χ4n) is 1.55. The number of nitrogens with one attached hydrogen (secondary N) is 2. The maximum absolute atomic E-state index is 12.0. The molecular weight excluding hydrogens is 282 g/mol. The van der Waals surface area contributed by atoms with Crippen molar-refractivity contribution in [3.63, 3.8) is 0 Å². The molecule has 2 rings (SSSR count). The van der Waals surface area contributed by atoms with Crippen molar-refractivity contribution in [3.8, 4) is 0 Å². The maximum Gasteiger partial charge on any atom is 0.345 e. The zero-order valence-corrected chi connectivity index (χ0v) is 12.0. The molecule has 0 atom stereocenters. The van der Waals surface area contributed by atoms with Gasteiger partial charge in [-0.1, -0.05) is 11.6 Å². The normalized spacial score (nSPS) is 13.8. The summed E-state index contributed by atoms with van der Waals surface area (Å²) in [7, 11) is 2.86. The van der Waals surface area contributed by atoms with Gasteiger partial charge in [0.25, 0.3) is 5.91 Å². The SMILES string of the molecule is CON(C)C(=O)Nc1ccc(Cl)c(C(=O)NC2CC2)c1. The van der Waals surface area contributed by atoms with E-state index in [4.69, 9.17) is 16.4 Å². The number of rotatable bonds is 4. The molecule has 0 unspecified atom stereocenters. The molecule has 1 aliphatic carbocycles. The Hall–Kier alpha value is -1.79. The molecule has 108 valence electrons. The van der Waals surface area contributed by atoms with Crippen molar-refractivity contribution in [2.24, 2.45) is 0 Å². The van der Waals surface area contributed by atoms with Gasteiger partial charge in [-0.25, -0.2) is 9.86 Å². The fourth-order valence-corrected chi connectivity index (χ4v) is 1.76. The number of anilines is 1. The molecule has 1 saturated carbocycles. The van der Waals surface area contributed by atoms with Crippen LogP contribution in [-0.2, 0) is 4.84 Å². The zero-order chi connectivity index (χ0) is 14.7. The first-order valence-electron chi connectivity index (χ1n) is 6.20.